The quantitative estimate of drug-likeness (QED) is 0.418. The number of aryl methyl sites for hydroxylation is 1. The number of carbonyl (C=O) groups is 2. The van der Waals surface area contributed by atoms with Gasteiger partial charge in [-0.2, -0.15) is 4.98 Å². The second-order valence-corrected chi connectivity index (χ2v) is 8.79. The fourth-order valence-electron chi connectivity index (χ4n) is 3.41. The molecule has 0 unspecified atom stereocenters. The van der Waals surface area contributed by atoms with E-state index in [1.54, 1.807) is 18.2 Å². The van der Waals surface area contributed by atoms with E-state index in [0.717, 1.165) is 11.1 Å². The Labute approximate surface area is 192 Å². The van der Waals surface area contributed by atoms with Gasteiger partial charge in [-0.25, -0.2) is 4.79 Å². The lowest BCUT2D eigenvalue weighted by atomic mass is 10.1. The molecule has 9 heteroatoms. The van der Waals surface area contributed by atoms with Gasteiger partial charge in [0.15, 0.2) is 5.58 Å². The summed E-state index contributed by atoms with van der Waals surface area (Å²) in [5, 5.41) is 15.3. The van der Waals surface area contributed by atoms with E-state index in [1.807, 2.05) is 45.9 Å². The van der Waals surface area contributed by atoms with Crippen molar-refractivity contribution in [1.82, 2.24) is 9.88 Å². The average Bonchev–Trinajstić information content (AvgIpc) is 3.12. The van der Waals surface area contributed by atoms with Gasteiger partial charge in [0, 0.05) is 30.3 Å². The highest BCUT2D eigenvalue weighted by Gasteiger charge is 2.25. The predicted octanol–water partition coefficient (Wildman–Crippen LogP) is 5.39. The van der Waals surface area contributed by atoms with Gasteiger partial charge in [0.25, 0.3) is 6.01 Å². The van der Waals surface area contributed by atoms with Crippen LogP contribution in [-0.2, 0) is 4.79 Å². The molecule has 1 heterocycles. The molecule has 176 valence electrons. The summed E-state index contributed by atoms with van der Waals surface area (Å²) in [7, 11) is 1.54. The van der Waals surface area contributed by atoms with E-state index in [1.165, 1.54) is 12.0 Å². The molecule has 3 N–H and O–H groups in total. The second kappa shape index (κ2) is 9.81. The summed E-state index contributed by atoms with van der Waals surface area (Å²) >= 11 is 0. The minimum atomic E-state index is -0.996. The topological polar surface area (TPSA) is 117 Å². The summed E-state index contributed by atoms with van der Waals surface area (Å²) in [4.78, 5) is 29.5. The van der Waals surface area contributed by atoms with Gasteiger partial charge in [-0.05, 0) is 63.9 Å². The summed E-state index contributed by atoms with van der Waals surface area (Å²) in [5.74, 6) is 0.308. The summed E-state index contributed by atoms with van der Waals surface area (Å²) in [6.45, 7) is 7.74. The molecule has 0 aliphatic carbocycles. The number of benzene rings is 2. The first-order valence-corrected chi connectivity index (χ1v) is 10.7. The van der Waals surface area contributed by atoms with E-state index in [-0.39, 0.29) is 18.9 Å². The van der Waals surface area contributed by atoms with Gasteiger partial charge < -0.3 is 29.8 Å². The average molecular weight is 455 g/mol. The molecular weight excluding hydrogens is 424 g/mol. The molecule has 0 aliphatic heterocycles. The summed E-state index contributed by atoms with van der Waals surface area (Å²) in [5.41, 5.74) is 3.21. The Morgan fingerprint density at radius 1 is 1.18 bits per heavy atom. The Morgan fingerprint density at radius 2 is 1.94 bits per heavy atom. The van der Waals surface area contributed by atoms with Crippen molar-refractivity contribution in [2.75, 3.05) is 24.3 Å². The molecule has 0 saturated heterocycles. The van der Waals surface area contributed by atoms with Gasteiger partial charge in [0.05, 0.1) is 12.8 Å². The van der Waals surface area contributed by atoms with Crippen molar-refractivity contribution in [2.24, 2.45) is 0 Å². The molecular formula is C24H30N4O5. The van der Waals surface area contributed by atoms with Crippen molar-refractivity contribution in [1.29, 1.82) is 0 Å². The van der Waals surface area contributed by atoms with Crippen molar-refractivity contribution < 1.29 is 23.8 Å². The third-order valence-corrected chi connectivity index (χ3v) is 5.10. The molecule has 2 aromatic carbocycles. The van der Waals surface area contributed by atoms with Gasteiger partial charge >= 0.3 is 6.09 Å². The SMILES string of the molecule is COc1cc(NC(=O)CCCN(C(=O)O)C(C)(C)C)ccc1Nc1nc2ccc(C)cc2o1. The van der Waals surface area contributed by atoms with E-state index < -0.39 is 11.6 Å². The Hall–Kier alpha value is -3.75. The first kappa shape index (κ1) is 23.9. The zero-order chi connectivity index (χ0) is 24.2. The van der Waals surface area contributed by atoms with Crippen molar-refractivity contribution in [3.8, 4) is 5.75 Å². The molecule has 33 heavy (non-hydrogen) atoms. The molecule has 0 saturated carbocycles. The molecule has 0 fully saturated rings. The van der Waals surface area contributed by atoms with Crippen LogP contribution in [0.2, 0.25) is 0 Å². The number of anilines is 3. The number of nitrogens with zero attached hydrogens (tertiary/aromatic N) is 2. The number of amides is 2. The summed E-state index contributed by atoms with van der Waals surface area (Å²) < 4.78 is 11.2. The zero-order valence-electron chi connectivity index (χ0n) is 19.6. The van der Waals surface area contributed by atoms with Crippen molar-refractivity contribution in [3.05, 3.63) is 42.0 Å². The second-order valence-electron chi connectivity index (χ2n) is 8.79. The van der Waals surface area contributed by atoms with Crippen LogP contribution in [-0.4, -0.2) is 46.2 Å². The number of hydrogen-bond donors (Lipinski definition) is 3. The standard InChI is InChI=1S/C24H30N4O5/c1-15-8-10-18-20(13-15)33-22(27-18)26-17-11-9-16(14-19(17)32-5)25-21(29)7-6-12-28(23(30)31)24(2,3)4/h8-11,13-14H,6-7,12H2,1-5H3,(H,25,29)(H,26,27)(H,30,31). The van der Waals surface area contributed by atoms with Crippen LogP contribution < -0.4 is 15.4 Å². The number of carbonyl (C=O) groups excluding carboxylic acids is 1. The number of oxazole rings is 1. The van der Waals surface area contributed by atoms with Crippen LogP contribution in [0.3, 0.4) is 0 Å². The highest BCUT2D eigenvalue weighted by Crippen LogP contribution is 2.31. The number of aromatic nitrogens is 1. The van der Waals surface area contributed by atoms with Crippen LogP contribution in [0.15, 0.2) is 40.8 Å². The van der Waals surface area contributed by atoms with Crippen LogP contribution >= 0.6 is 0 Å². The van der Waals surface area contributed by atoms with E-state index in [9.17, 15) is 14.7 Å². The van der Waals surface area contributed by atoms with Gasteiger partial charge in [0.1, 0.15) is 11.3 Å². The molecule has 3 rings (SSSR count). The summed E-state index contributed by atoms with van der Waals surface area (Å²) in [6, 6.07) is 11.3. The number of rotatable bonds is 8. The monoisotopic (exact) mass is 454 g/mol. The third-order valence-electron chi connectivity index (χ3n) is 5.10. The molecule has 3 aromatic rings. The minimum absolute atomic E-state index is 0.199. The molecule has 0 atom stereocenters. The number of fused-ring (bicyclic) bond motifs is 1. The smallest absolute Gasteiger partial charge is 0.407 e. The highest BCUT2D eigenvalue weighted by atomic mass is 16.5. The largest absolute Gasteiger partial charge is 0.494 e. The molecule has 9 nitrogen and oxygen atoms in total. The van der Waals surface area contributed by atoms with Crippen molar-refractivity contribution in [3.63, 3.8) is 0 Å². The van der Waals surface area contributed by atoms with E-state index in [4.69, 9.17) is 9.15 Å². The lowest BCUT2D eigenvalue weighted by Crippen LogP contribution is -2.45. The zero-order valence-corrected chi connectivity index (χ0v) is 19.6. The maximum atomic E-state index is 12.4. The number of hydrogen-bond acceptors (Lipinski definition) is 6. The Bertz CT molecular complexity index is 1150. The lowest BCUT2D eigenvalue weighted by molar-refractivity contribution is -0.116. The van der Waals surface area contributed by atoms with E-state index in [0.29, 0.717) is 35.1 Å². The van der Waals surface area contributed by atoms with Crippen LogP contribution in [0.1, 0.15) is 39.2 Å². The molecule has 0 radical (unpaired) electrons. The van der Waals surface area contributed by atoms with Crippen molar-refractivity contribution >= 4 is 40.5 Å². The number of ether oxygens (including phenoxy) is 1. The predicted molar refractivity (Wildman–Crippen MR) is 127 cm³/mol. The van der Waals surface area contributed by atoms with E-state index in [2.05, 4.69) is 15.6 Å². The Kier molecular flexibility index (Phi) is 7.10. The van der Waals surface area contributed by atoms with Crippen molar-refractivity contribution in [2.45, 2.75) is 46.1 Å². The first-order valence-electron chi connectivity index (χ1n) is 10.7. The van der Waals surface area contributed by atoms with Gasteiger partial charge in [-0.3, -0.25) is 4.79 Å². The fourth-order valence-corrected chi connectivity index (χ4v) is 3.41. The van der Waals surface area contributed by atoms with Crippen LogP contribution in [0.25, 0.3) is 11.1 Å². The van der Waals surface area contributed by atoms with Crippen LogP contribution in [0.5, 0.6) is 5.75 Å². The van der Waals surface area contributed by atoms with Gasteiger partial charge in [0.2, 0.25) is 5.91 Å². The number of methoxy groups -OCH3 is 1. The Balaban J connectivity index is 1.61. The van der Waals surface area contributed by atoms with E-state index >= 15 is 0 Å². The molecule has 2 amide bonds. The number of carboxylic acid groups (broad SMARTS) is 1. The fraction of sp³-hybridized carbons (Fsp3) is 0.375. The third kappa shape index (κ3) is 6.15. The summed E-state index contributed by atoms with van der Waals surface area (Å²) in [6.07, 6.45) is -0.377. The maximum absolute atomic E-state index is 12.4. The minimum Gasteiger partial charge on any atom is -0.494 e. The van der Waals surface area contributed by atoms with Crippen LogP contribution in [0, 0.1) is 6.92 Å². The molecule has 0 aliphatic rings. The maximum Gasteiger partial charge on any atom is 0.407 e. The number of nitrogens with one attached hydrogen (secondary N) is 2. The first-order chi connectivity index (χ1) is 15.6. The molecule has 0 spiro atoms. The highest BCUT2D eigenvalue weighted by molar-refractivity contribution is 5.91. The molecule has 1 aromatic heterocycles. The van der Waals surface area contributed by atoms with Gasteiger partial charge in [-0.1, -0.05) is 6.07 Å². The van der Waals surface area contributed by atoms with Crippen LogP contribution in [0.4, 0.5) is 22.2 Å². The lowest BCUT2D eigenvalue weighted by Gasteiger charge is -2.33. The normalized spacial score (nSPS) is 11.3. The molecule has 0 bridgehead atoms. The van der Waals surface area contributed by atoms with Gasteiger partial charge in [-0.15, -0.1) is 0 Å². The Morgan fingerprint density at radius 3 is 2.61 bits per heavy atom.